The first-order valence-corrected chi connectivity index (χ1v) is 11.4. The van der Waals surface area contributed by atoms with Gasteiger partial charge in [0.25, 0.3) is 0 Å². The third kappa shape index (κ3) is 5.49. The van der Waals surface area contributed by atoms with E-state index in [2.05, 4.69) is 56.2 Å². The summed E-state index contributed by atoms with van der Waals surface area (Å²) in [6.07, 6.45) is -3.00. The molecule has 4 aromatic rings. The summed E-state index contributed by atoms with van der Waals surface area (Å²) in [4.78, 5) is 9.15. The van der Waals surface area contributed by atoms with Gasteiger partial charge in [0.1, 0.15) is 5.75 Å². The maximum Gasteiger partial charge on any atom is 0.573 e. The van der Waals surface area contributed by atoms with E-state index >= 15 is 0 Å². The smallest absolute Gasteiger partial charge is 0.406 e. The Kier molecular flexibility index (Phi) is 6.21. The molecule has 8 heteroatoms. The van der Waals surface area contributed by atoms with Crippen LogP contribution in [0.5, 0.6) is 5.75 Å². The summed E-state index contributed by atoms with van der Waals surface area (Å²) < 4.78 is 42.0. The number of halogens is 3. The van der Waals surface area contributed by atoms with Crippen molar-refractivity contribution in [3.8, 4) is 16.9 Å². The quantitative estimate of drug-likeness (QED) is 0.365. The number of piperazine rings is 1. The highest BCUT2D eigenvalue weighted by molar-refractivity contribution is 5.95. The van der Waals surface area contributed by atoms with E-state index in [4.69, 9.17) is 0 Å². The van der Waals surface area contributed by atoms with Crippen molar-refractivity contribution in [2.24, 2.45) is 0 Å². The summed E-state index contributed by atoms with van der Waals surface area (Å²) >= 11 is 0. The first-order valence-electron chi connectivity index (χ1n) is 11.4. The molecule has 0 atom stereocenters. The van der Waals surface area contributed by atoms with E-state index in [1.807, 2.05) is 24.3 Å². The average molecular weight is 479 g/mol. The van der Waals surface area contributed by atoms with Crippen molar-refractivity contribution in [3.63, 3.8) is 0 Å². The van der Waals surface area contributed by atoms with Crippen LogP contribution >= 0.6 is 0 Å². The van der Waals surface area contributed by atoms with Gasteiger partial charge in [0.2, 0.25) is 0 Å². The number of hydrogen-bond acceptors (Lipinski definition) is 5. The third-order valence-corrected chi connectivity index (χ3v) is 6.16. The number of nitrogens with one attached hydrogen (secondary N) is 1. The molecule has 5 rings (SSSR count). The highest BCUT2D eigenvalue weighted by atomic mass is 19.4. The molecule has 3 aromatic carbocycles. The Morgan fingerprint density at radius 2 is 1.60 bits per heavy atom. The van der Waals surface area contributed by atoms with Crippen LogP contribution < -0.4 is 15.0 Å². The number of fused-ring (bicyclic) bond motifs is 1. The van der Waals surface area contributed by atoms with Crippen LogP contribution in [-0.2, 0) is 0 Å². The molecule has 2 heterocycles. The minimum atomic E-state index is -4.73. The van der Waals surface area contributed by atoms with E-state index in [0.717, 1.165) is 54.0 Å². The molecule has 1 aliphatic heterocycles. The van der Waals surface area contributed by atoms with Crippen LogP contribution in [0.25, 0.3) is 22.0 Å². The highest BCUT2D eigenvalue weighted by Gasteiger charge is 2.31. The molecular formula is C27H25F3N4O. The lowest BCUT2D eigenvalue weighted by Crippen LogP contribution is -2.44. The predicted octanol–water partition coefficient (Wildman–Crippen LogP) is 6.30. The molecular weight excluding hydrogens is 453 g/mol. The van der Waals surface area contributed by atoms with Gasteiger partial charge in [-0.3, -0.25) is 4.98 Å². The summed E-state index contributed by atoms with van der Waals surface area (Å²) in [5.41, 5.74) is 5.20. The largest absolute Gasteiger partial charge is 0.573 e. The number of pyridine rings is 1. The first-order chi connectivity index (χ1) is 16.8. The Bertz CT molecular complexity index is 1320. The Morgan fingerprint density at radius 1 is 0.857 bits per heavy atom. The first kappa shape index (κ1) is 23.0. The van der Waals surface area contributed by atoms with Gasteiger partial charge in [0.05, 0.1) is 5.52 Å². The van der Waals surface area contributed by atoms with Gasteiger partial charge in [0, 0.05) is 54.8 Å². The molecule has 0 bridgehead atoms. The third-order valence-electron chi connectivity index (χ3n) is 6.16. The zero-order valence-electron chi connectivity index (χ0n) is 19.2. The lowest BCUT2D eigenvalue weighted by molar-refractivity contribution is -0.274. The van der Waals surface area contributed by atoms with Crippen LogP contribution in [-0.4, -0.2) is 49.5 Å². The molecule has 0 amide bonds. The minimum Gasteiger partial charge on any atom is -0.406 e. The summed E-state index contributed by atoms with van der Waals surface area (Å²) in [6.45, 7) is 4.12. The number of benzene rings is 3. The van der Waals surface area contributed by atoms with E-state index in [0.29, 0.717) is 5.56 Å². The van der Waals surface area contributed by atoms with Crippen molar-refractivity contribution >= 4 is 28.0 Å². The van der Waals surface area contributed by atoms with Crippen LogP contribution in [0.15, 0.2) is 79.0 Å². The molecule has 180 valence electrons. The fourth-order valence-electron chi connectivity index (χ4n) is 4.28. The molecule has 0 aliphatic carbocycles. The maximum absolute atomic E-state index is 12.6. The summed E-state index contributed by atoms with van der Waals surface area (Å²) in [7, 11) is 2.14. The van der Waals surface area contributed by atoms with Gasteiger partial charge < -0.3 is 19.9 Å². The van der Waals surface area contributed by atoms with Crippen molar-refractivity contribution in [3.05, 3.63) is 79.0 Å². The molecule has 1 fully saturated rings. The summed E-state index contributed by atoms with van der Waals surface area (Å²) in [5.74, 6) is -0.250. The molecule has 0 radical (unpaired) electrons. The van der Waals surface area contributed by atoms with E-state index in [9.17, 15) is 13.2 Å². The summed E-state index contributed by atoms with van der Waals surface area (Å²) in [6, 6.07) is 21.9. The van der Waals surface area contributed by atoms with Gasteiger partial charge in [-0.2, -0.15) is 0 Å². The molecule has 0 spiro atoms. The number of likely N-dealkylation sites (N-methyl/N-ethyl adjacent to an activating group) is 1. The lowest BCUT2D eigenvalue weighted by atomic mass is 10.0. The number of nitrogens with zero attached hydrogens (tertiary/aromatic N) is 3. The highest BCUT2D eigenvalue weighted by Crippen LogP contribution is 2.33. The van der Waals surface area contributed by atoms with E-state index in [1.54, 1.807) is 18.3 Å². The normalized spacial score (nSPS) is 14.8. The zero-order chi connectivity index (χ0) is 24.4. The fraction of sp³-hybridized carbons (Fsp3) is 0.222. The van der Waals surface area contributed by atoms with Crippen LogP contribution in [0.1, 0.15) is 0 Å². The Hall–Kier alpha value is -3.78. The van der Waals surface area contributed by atoms with E-state index in [-0.39, 0.29) is 5.75 Å². The molecule has 1 aromatic heterocycles. The van der Waals surface area contributed by atoms with Crippen molar-refractivity contribution < 1.29 is 17.9 Å². The molecule has 1 saturated heterocycles. The van der Waals surface area contributed by atoms with Crippen LogP contribution in [0, 0.1) is 0 Å². The summed E-state index contributed by atoms with van der Waals surface area (Å²) in [5, 5.41) is 4.34. The fourth-order valence-corrected chi connectivity index (χ4v) is 4.28. The van der Waals surface area contributed by atoms with Crippen LogP contribution in [0.2, 0.25) is 0 Å². The van der Waals surface area contributed by atoms with Crippen molar-refractivity contribution in [2.75, 3.05) is 43.4 Å². The number of alkyl halides is 3. The van der Waals surface area contributed by atoms with Crippen molar-refractivity contribution in [2.45, 2.75) is 6.36 Å². The molecule has 0 saturated carbocycles. The zero-order valence-corrected chi connectivity index (χ0v) is 19.2. The van der Waals surface area contributed by atoms with Gasteiger partial charge in [-0.15, -0.1) is 13.2 Å². The molecule has 1 aliphatic rings. The topological polar surface area (TPSA) is 40.6 Å². The Labute approximate surface area is 201 Å². The molecule has 5 nitrogen and oxygen atoms in total. The van der Waals surface area contributed by atoms with E-state index < -0.39 is 6.36 Å². The van der Waals surface area contributed by atoms with Crippen molar-refractivity contribution in [1.82, 2.24) is 9.88 Å². The van der Waals surface area contributed by atoms with Crippen LogP contribution in [0.3, 0.4) is 0 Å². The Morgan fingerprint density at radius 3 is 2.34 bits per heavy atom. The molecule has 0 unspecified atom stereocenters. The number of hydrogen-bond donors (Lipinski definition) is 1. The number of aromatic nitrogens is 1. The van der Waals surface area contributed by atoms with E-state index in [1.165, 1.54) is 17.8 Å². The monoisotopic (exact) mass is 478 g/mol. The van der Waals surface area contributed by atoms with Gasteiger partial charge >= 0.3 is 6.36 Å². The minimum absolute atomic E-state index is 0.250. The SMILES string of the molecule is CN1CCN(c2ccc(Nc3ccnc4ccc(-c5cccc(OC(F)(F)F)c5)cc34)cc2)CC1. The van der Waals surface area contributed by atoms with Crippen LogP contribution in [0.4, 0.5) is 30.2 Å². The second kappa shape index (κ2) is 9.46. The van der Waals surface area contributed by atoms with Crippen molar-refractivity contribution in [1.29, 1.82) is 0 Å². The standard InChI is InChI=1S/C27H25F3N4O/c1-33-13-15-34(16-14-33)22-8-6-21(7-9-22)32-26-11-12-31-25-10-5-20(18-24(25)26)19-3-2-4-23(17-19)35-27(28,29)30/h2-12,17-18H,13-16H2,1H3,(H,31,32). The van der Waals surface area contributed by atoms with Gasteiger partial charge in [-0.05, 0) is 72.8 Å². The lowest BCUT2D eigenvalue weighted by Gasteiger charge is -2.34. The number of anilines is 3. The second-order valence-corrected chi connectivity index (χ2v) is 8.63. The number of rotatable bonds is 5. The van der Waals surface area contributed by atoms with Gasteiger partial charge in [-0.25, -0.2) is 0 Å². The van der Waals surface area contributed by atoms with Gasteiger partial charge in [-0.1, -0.05) is 18.2 Å². The maximum atomic E-state index is 12.6. The molecule has 35 heavy (non-hydrogen) atoms. The molecule has 1 N–H and O–H groups in total. The Balaban J connectivity index is 1.40. The predicted molar refractivity (Wildman–Crippen MR) is 133 cm³/mol. The van der Waals surface area contributed by atoms with Gasteiger partial charge in [0.15, 0.2) is 0 Å². The second-order valence-electron chi connectivity index (χ2n) is 8.63. The average Bonchev–Trinajstić information content (AvgIpc) is 2.84. The number of ether oxygens (including phenoxy) is 1.